The van der Waals surface area contributed by atoms with Gasteiger partial charge in [-0.2, -0.15) is 0 Å². The molecule has 1 N–H and O–H groups in total. The number of carbonyl (C=O) groups excluding carboxylic acids is 2. The van der Waals surface area contributed by atoms with Gasteiger partial charge >= 0.3 is 5.97 Å². The van der Waals surface area contributed by atoms with Gasteiger partial charge in [0.1, 0.15) is 0 Å². The van der Waals surface area contributed by atoms with Crippen molar-refractivity contribution in [3.8, 4) is 0 Å². The Morgan fingerprint density at radius 2 is 1.82 bits per heavy atom. The SMILES string of the molecule is CC1CCc2nc3ccccc3c(C(=O)OCC(=O)Nc3ccc(S(=O)(=O)N(C)C)cc3)c2C1. The Kier molecular flexibility index (Phi) is 6.67. The number of esters is 1. The van der Waals surface area contributed by atoms with E-state index in [1.807, 2.05) is 24.3 Å². The standard InChI is InChI=1S/C25H27N3O5S/c1-16-8-13-22-20(14-16)24(19-6-4-5-7-21(19)27-22)25(30)33-15-23(29)26-17-9-11-18(12-10-17)34(31,32)28(2)3/h4-7,9-12,16H,8,13-15H2,1-3H3,(H,26,29). The minimum Gasteiger partial charge on any atom is -0.452 e. The third-order valence-corrected chi connectivity index (χ3v) is 7.79. The Balaban J connectivity index is 1.48. The number of para-hydroxylation sites is 1. The summed E-state index contributed by atoms with van der Waals surface area (Å²) in [6, 6.07) is 13.3. The maximum absolute atomic E-state index is 13.1. The van der Waals surface area contributed by atoms with Gasteiger partial charge < -0.3 is 10.1 Å². The highest BCUT2D eigenvalue weighted by Gasteiger charge is 2.26. The summed E-state index contributed by atoms with van der Waals surface area (Å²) in [6.07, 6.45) is 2.57. The Hall–Kier alpha value is -3.30. The second kappa shape index (κ2) is 9.52. The Morgan fingerprint density at radius 3 is 2.53 bits per heavy atom. The van der Waals surface area contributed by atoms with Crippen LogP contribution in [0, 0.1) is 5.92 Å². The van der Waals surface area contributed by atoms with E-state index in [2.05, 4.69) is 12.2 Å². The number of anilines is 1. The molecule has 4 rings (SSSR count). The molecule has 9 heteroatoms. The van der Waals surface area contributed by atoms with Crippen LogP contribution in [0.15, 0.2) is 53.4 Å². The van der Waals surface area contributed by atoms with Gasteiger partial charge in [0, 0.05) is 30.9 Å². The highest BCUT2D eigenvalue weighted by atomic mass is 32.2. The molecule has 0 bridgehead atoms. The summed E-state index contributed by atoms with van der Waals surface area (Å²) in [6.45, 7) is 1.69. The molecule has 0 saturated heterocycles. The van der Waals surface area contributed by atoms with Crippen LogP contribution in [0.1, 0.15) is 35.0 Å². The van der Waals surface area contributed by atoms with Crippen molar-refractivity contribution in [2.24, 2.45) is 5.92 Å². The van der Waals surface area contributed by atoms with Gasteiger partial charge in [0.15, 0.2) is 6.61 Å². The smallest absolute Gasteiger partial charge is 0.339 e. The Bertz CT molecular complexity index is 1350. The summed E-state index contributed by atoms with van der Waals surface area (Å²) in [5, 5.41) is 3.35. The molecule has 178 valence electrons. The maximum Gasteiger partial charge on any atom is 0.339 e. The van der Waals surface area contributed by atoms with Gasteiger partial charge in [-0.05, 0) is 61.1 Å². The van der Waals surface area contributed by atoms with Gasteiger partial charge in [0.25, 0.3) is 5.91 Å². The molecule has 0 aliphatic heterocycles. The summed E-state index contributed by atoms with van der Waals surface area (Å²) >= 11 is 0. The van der Waals surface area contributed by atoms with Crippen LogP contribution in [0.3, 0.4) is 0 Å². The van der Waals surface area contributed by atoms with E-state index in [1.54, 1.807) is 0 Å². The van der Waals surface area contributed by atoms with Crippen LogP contribution in [0.25, 0.3) is 10.9 Å². The van der Waals surface area contributed by atoms with Crippen LogP contribution in [-0.4, -0.2) is 50.3 Å². The normalized spacial score (nSPS) is 15.7. The molecule has 2 aromatic carbocycles. The molecule has 3 aromatic rings. The number of fused-ring (bicyclic) bond motifs is 2. The number of carbonyl (C=O) groups is 2. The summed E-state index contributed by atoms with van der Waals surface area (Å²) in [4.78, 5) is 30.4. The number of benzene rings is 2. The lowest BCUT2D eigenvalue weighted by molar-refractivity contribution is -0.119. The summed E-state index contributed by atoms with van der Waals surface area (Å²) in [5.74, 6) is -0.631. The van der Waals surface area contributed by atoms with E-state index < -0.39 is 28.5 Å². The summed E-state index contributed by atoms with van der Waals surface area (Å²) in [7, 11) is -0.663. The number of nitrogens with one attached hydrogen (secondary N) is 1. The van der Waals surface area contributed by atoms with Crippen LogP contribution in [0.4, 0.5) is 5.69 Å². The minimum atomic E-state index is -3.56. The van der Waals surface area contributed by atoms with Crippen molar-refractivity contribution < 1.29 is 22.7 Å². The number of ether oxygens (including phenoxy) is 1. The van der Waals surface area contributed by atoms with Crippen LogP contribution < -0.4 is 5.32 Å². The van der Waals surface area contributed by atoms with Gasteiger partial charge in [-0.15, -0.1) is 0 Å². The quantitative estimate of drug-likeness (QED) is 0.541. The van der Waals surface area contributed by atoms with Crippen molar-refractivity contribution in [3.63, 3.8) is 0 Å². The number of sulfonamides is 1. The molecule has 8 nitrogen and oxygen atoms in total. The lowest BCUT2D eigenvalue weighted by Crippen LogP contribution is -2.24. The van der Waals surface area contributed by atoms with Crippen molar-refractivity contribution in [3.05, 3.63) is 65.4 Å². The lowest BCUT2D eigenvalue weighted by atomic mass is 9.84. The van der Waals surface area contributed by atoms with E-state index in [-0.39, 0.29) is 4.90 Å². The van der Waals surface area contributed by atoms with Gasteiger partial charge in [-0.25, -0.2) is 17.5 Å². The Morgan fingerprint density at radius 1 is 1.12 bits per heavy atom. The van der Waals surface area contributed by atoms with Gasteiger partial charge in [0.05, 0.1) is 16.0 Å². The van der Waals surface area contributed by atoms with Crippen LogP contribution in [0.5, 0.6) is 0 Å². The first-order valence-electron chi connectivity index (χ1n) is 11.1. The second-order valence-corrected chi connectivity index (χ2v) is 10.9. The molecule has 1 aliphatic carbocycles. The van der Waals surface area contributed by atoms with E-state index >= 15 is 0 Å². The molecular formula is C25H27N3O5S. The largest absolute Gasteiger partial charge is 0.452 e. The first kappa shape index (κ1) is 23.8. The highest BCUT2D eigenvalue weighted by molar-refractivity contribution is 7.89. The van der Waals surface area contributed by atoms with E-state index in [0.29, 0.717) is 17.2 Å². The second-order valence-electron chi connectivity index (χ2n) is 8.71. The molecule has 0 saturated carbocycles. The molecular weight excluding hydrogens is 454 g/mol. The first-order chi connectivity index (χ1) is 16.2. The molecule has 0 radical (unpaired) electrons. The number of pyridine rings is 1. The predicted molar refractivity (Wildman–Crippen MR) is 129 cm³/mol. The van der Waals surface area contributed by atoms with Crippen molar-refractivity contribution in [2.45, 2.75) is 31.1 Å². The molecule has 1 atom stereocenters. The third-order valence-electron chi connectivity index (χ3n) is 5.96. The third kappa shape index (κ3) is 4.80. The highest BCUT2D eigenvalue weighted by Crippen LogP contribution is 2.32. The number of aryl methyl sites for hydroxylation is 1. The fraction of sp³-hybridized carbons (Fsp3) is 0.320. The summed E-state index contributed by atoms with van der Waals surface area (Å²) in [5.41, 5.74) is 3.44. The average molecular weight is 482 g/mol. The number of aromatic nitrogens is 1. The van der Waals surface area contributed by atoms with Gasteiger partial charge in [-0.3, -0.25) is 9.78 Å². The molecule has 1 unspecified atom stereocenters. The maximum atomic E-state index is 13.1. The number of nitrogens with zero attached hydrogens (tertiary/aromatic N) is 2. The molecule has 34 heavy (non-hydrogen) atoms. The van der Waals surface area contributed by atoms with Crippen molar-refractivity contribution >= 4 is 38.5 Å². The van der Waals surface area contributed by atoms with Gasteiger partial charge in [-0.1, -0.05) is 25.1 Å². The minimum absolute atomic E-state index is 0.116. The lowest BCUT2D eigenvalue weighted by Gasteiger charge is -2.24. The molecule has 1 heterocycles. The van der Waals surface area contributed by atoms with E-state index in [9.17, 15) is 18.0 Å². The fourth-order valence-corrected chi connectivity index (χ4v) is 5.02. The van der Waals surface area contributed by atoms with Crippen LogP contribution >= 0.6 is 0 Å². The van der Waals surface area contributed by atoms with E-state index in [4.69, 9.17) is 9.72 Å². The van der Waals surface area contributed by atoms with Crippen molar-refractivity contribution in [2.75, 3.05) is 26.0 Å². The monoisotopic (exact) mass is 481 g/mol. The molecule has 1 aromatic heterocycles. The van der Waals surface area contributed by atoms with Gasteiger partial charge in [0.2, 0.25) is 10.0 Å². The number of amides is 1. The van der Waals surface area contributed by atoms with Crippen molar-refractivity contribution in [1.29, 1.82) is 0 Å². The van der Waals surface area contributed by atoms with Crippen LogP contribution in [-0.2, 0) is 32.4 Å². The van der Waals surface area contributed by atoms with E-state index in [0.717, 1.165) is 45.7 Å². The fourth-order valence-electron chi connectivity index (χ4n) is 4.12. The Labute approximate surface area is 199 Å². The topological polar surface area (TPSA) is 106 Å². The van der Waals surface area contributed by atoms with Crippen LogP contribution in [0.2, 0.25) is 0 Å². The zero-order valence-corrected chi connectivity index (χ0v) is 20.2. The molecule has 0 fully saturated rings. The molecule has 0 spiro atoms. The van der Waals surface area contributed by atoms with Crippen molar-refractivity contribution in [1.82, 2.24) is 9.29 Å². The first-order valence-corrected chi connectivity index (χ1v) is 12.5. The number of hydrogen-bond acceptors (Lipinski definition) is 6. The number of hydrogen-bond donors (Lipinski definition) is 1. The zero-order valence-electron chi connectivity index (χ0n) is 19.4. The molecule has 1 aliphatic rings. The average Bonchev–Trinajstić information content (AvgIpc) is 2.81. The number of rotatable bonds is 6. The predicted octanol–water partition coefficient (Wildman–Crippen LogP) is 3.41. The molecule has 1 amide bonds. The summed E-state index contributed by atoms with van der Waals surface area (Å²) < 4.78 is 30.9. The van der Waals surface area contributed by atoms with E-state index in [1.165, 1.54) is 38.4 Å². The zero-order chi connectivity index (χ0) is 24.5.